The Kier molecular flexibility index (Phi) is 4.59. The molecule has 0 radical (unpaired) electrons. The minimum atomic E-state index is -0.434. The Morgan fingerprint density at radius 3 is 3.04 bits per heavy atom. The number of furan rings is 1. The minimum Gasteiger partial charge on any atom is -0.437 e. The summed E-state index contributed by atoms with van der Waals surface area (Å²) in [4.78, 5) is 23.4. The van der Waals surface area contributed by atoms with E-state index in [1.165, 1.54) is 6.20 Å². The summed E-state index contributed by atoms with van der Waals surface area (Å²) in [7, 11) is 0. The number of piperidine rings is 1. The van der Waals surface area contributed by atoms with Crippen LogP contribution in [0, 0.1) is 0 Å². The van der Waals surface area contributed by atoms with Crippen LogP contribution in [-0.2, 0) is 0 Å². The molecule has 1 atom stereocenters. The molecule has 9 heteroatoms. The number of amides is 1. The molecule has 0 saturated carbocycles. The number of nitrogens with one attached hydrogen (secondary N) is 1. The molecule has 1 saturated heterocycles. The third-order valence-corrected chi connectivity index (χ3v) is 4.92. The van der Waals surface area contributed by atoms with Crippen LogP contribution >= 0.6 is 11.6 Å². The first-order valence-electron chi connectivity index (χ1n) is 8.63. The summed E-state index contributed by atoms with van der Waals surface area (Å²) in [6.07, 6.45) is 6.78. The fourth-order valence-corrected chi connectivity index (χ4v) is 3.55. The molecule has 4 rings (SSSR count). The normalized spacial score (nSPS) is 17.3. The highest BCUT2D eigenvalue weighted by molar-refractivity contribution is 6.35. The highest BCUT2D eigenvalue weighted by Gasteiger charge is 2.24. The fourth-order valence-electron chi connectivity index (χ4n) is 3.37. The number of nitrogen functional groups attached to an aromatic ring is 1. The van der Waals surface area contributed by atoms with Crippen LogP contribution in [-0.4, -0.2) is 35.0 Å². The van der Waals surface area contributed by atoms with E-state index < -0.39 is 5.91 Å². The van der Waals surface area contributed by atoms with Gasteiger partial charge in [-0.2, -0.15) is 0 Å². The number of aromatic nitrogens is 2. The van der Waals surface area contributed by atoms with Crippen molar-refractivity contribution < 1.29 is 9.21 Å². The van der Waals surface area contributed by atoms with Gasteiger partial charge in [0.2, 0.25) is 5.88 Å². The highest BCUT2D eigenvalue weighted by Crippen LogP contribution is 2.33. The van der Waals surface area contributed by atoms with E-state index in [4.69, 9.17) is 27.5 Å². The molecule has 3 aromatic rings. The van der Waals surface area contributed by atoms with E-state index in [1.807, 2.05) is 6.07 Å². The van der Waals surface area contributed by atoms with Crippen LogP contribution < -0.4 is 21.7 Å². The zero-order chi connectivity index (χ0) is 19.0. The predicted molar refractivity (Wildman–Crippen MR) is 105 cm³/mol. The number of fused-ring (bicyclic) bond motifs is 1. The largest absolute Gasteiger partial charge is 0.437 e. The molecule has 3 aromatic heterocycles. The van der Waals surface area contributed by atoms with Crippen molar-refractivity contribution in [1.29, 1.82) is 0 Å². The third kappa shape index (κ3) is 3.29. The van der Waals surface area contributed by atoms with Crippen LogP contribution in [0.15, 0.2) is 35.1 Å². The molecule has 1 aliphatic heterocycles. The lowest BCUT2D eigenvalue weighted by atomic mass is 10.1. The summed E-state index contributed by atoms with van der Waals surface area (Å²) in [6.45, 7) is 1.59. The standard InChI is InChI=1S/C18H19ClN6O2/c19-11-3-6-23-15-14(17(21)27-16(11)15)18(26)24-12-8-22-5-4-13(12)25-7-1-2-10(20)9-25/h3-6,8,10H,1-2,7,9,20-21H2,(H,24,26)/t10-/m1/s1. The molecule has 0 spiro atoms. The van der Waals surface area contributed by atoms with Crippen LogP contribution in [0.1, 0.15) is 23.2 Å². The Morgan fingerprint density at radius 1 is 1.37 bits per heavy atom. The summed E-state index contributed by atoms with van der Waals surface area (Å²) in [5.41, 5.74) is 14.2. The van der Waals surface area contributed by atoms with Gasteiger partial charge in [0, 0.05) is 31.5 Å². The summed E-state index contributed by atoms with van der Waals surface area (Å²) in [5.74, 6) is -0.467. The van der Waals surface area contributed by atoms with E-state index in [2.05, 4.69) is 20.2 Å². The molecule has 140 valence electrons. The number of rotatable bonds is 3. The van der Waals surface area contributed by atoms with E-state index in [0.717, 1.165) is 31.6 Å². The van der Waals surface area contributed by atoms with Gasteiger partial charge in [0.1, 0.15) is 11.1 Å². The Morgan fingerprint density at radius 2 is 2.22 bits per heavy atom. The molecule has 8 nitrogen and oxygen atoms in total. The van der Waals surface area contributed by atoms with Crippen LogP contribution in [0.3, 0.4) is 0 Å². The predicted octanol–water partition coefficient (Wildman–Crippen LogP) is 2.64. The monoisotopic (exact) mass is 386 g/mol. The van der Waals surface area contributed by atoms with E-state index in [0.29, 0.717) is 16.2 Å². The van der Waals surface area contributed by atoms with Crippen LogP contribution in [0.25, 0.3) is 11.1 Å². The molecule has 0 aromatic carbocycles. The third-order valence-electron chi connectivity index (χ3n) is 4.62. The molecule has 1 amide bonds. The lowest BCUT2D eigenvalue weighted by molar-refractivity contribution is 0.102. The second-order valence-corrected chi connectivity index (χ2v) is 6.91. The van der Waals surface area contributed by atoms with E-state index in [9.17, 15) is 4.79 Å². The molecule has 27 heavy (non-hydrogen) atoms. The van der Waals surface area contributed by atoms with Crippen molar-refractivity contribution in [3.63, 3.8) is 0 Å². The Hall–Kier alpha value is -2.84. The number of carbonyl (C=O) groups excluding carboxylic acids is 1. The number of hydrogen-bond donors (Lipinski definition) is 3. The molecule has 1 aliphatic rings. The first-order valence-corrected chi connectivity index (χ1v) is 9.00. The van der Waals surface area contributed by atoms with Gasteiger partial charge >= 0.3 is 0 Å². The molecular formula is C18H19ClN6O2. The topological polar surface area (TPSA) is 123 Å². The van der Waals surface area contributed by atoms with Crippen LogP contribution in [0.4, 0.5) is 17.3 Å². The number of halogens is 1. The smallest absolute Gasteiger partial charge is 0.263 e. The Bertz CT molecular complexity index is 1000. The van der Waals surface area contributed by atoms with Crippen molar-refractivity contribution in [3.8, 4) is 0 Å². The molecular weight excluding hydrogens is 368 g/mol. The summed E-state index contributed by atoms with van der Waals surface area (Å²) in [6, 6.07) is 3.54. The van der Waals surface area contributed by atoms with Crippen molar-refractivity contribution in [3.05, 3.63) is 41.3 Å². The molecule has 4 heterocycles. The molecule has 5 N–H and O–H groups in total. The average Bonchev–Trinajstić information content (AvgIpc) is 2.99. The van der Waals surface area contributed by atoms with Gasteiger partial charge in [-0.3, -0.25) is 14.8 Å². The second-order valence-electron chi connectivity index (χ2n) is 6.51. The maximum absolute atomic E-state index is 12.9. The maximum Gasteiger partial charge on any atom is 0.263 e. The van der Waals surface area contributed by atoms with Gasteiger partial charge < -0.3 is 26.1 Å². The van der Waals surface area contributed by atoms with Gasteiger partial charge in [0.15, 0.2) is 5.58 Å². The lowest BCUT2D eigenvalue weighted by Crippen LogP contribution is -2.43. The molecule has 0 bridgehead atoms. The van der Waals surface area contributed by atoms with Crippen LogP contribution in [0.5, 0.6) is 0 Å². The van der Waals surface area contributed by atoms with Crippen molar-refractivity contribution in [2.45, 2.75) is 18.9 Å². The van der Waals surface area contributed by atoms with Gasteiger partial charge in [0.05, 0.1) is 22.6 Å². The summed E-state index contributed by atoms with van der Waals surface area (Å²) < 4.78 is 5.43. The maximum atomic E-state index is 12.9. The Labute approximate surface area is 160 Å². The van der Waals surface area contributed by atoms with Crippen molar-refractivity contribution in [2.24, 2.45) is 5.73 Å². The van der Waals surface area contributed by atoms with E-state index in [-0.39, 0.29) is 23.1 Å². The molecule has 0 aliphatic carbocycles. The fraction of sp³-hybridized carbons (Fsp3) is 0.278. The van der Waals surface area contributed by atoms with Gasteiger partial charge in [-0.05, 0) is 25.0 Å². The van der Waals surface area contributed by atoms with Crippen molar-refractivity contribution >= 4 is 45.9 Å². The quantitative estimate of drug-likeness (QED) is 0.632. The number of anilines is 3. The molecule has 0 unspecified atom stereocenters. The number of carbonyl (C=O) groups is 1. The van der Waals surface area contributed by atoms with Crippen molar-refractivity contribution in [1.82, 2.24) is 9.97 Å². The number of nitrogens with two attached hydrogens (primary N) is 2. The number of pyridine rings is 2. The first-order chi connectivity index (χ1) is 13.0. The van der Waals surface area contributed by atoms with Gasteiger partial charge in [-0.25, -0.2) is 0 Å². The zero-order valence-corrected chi connectivity index (χ0v) is 15.2. The number of nitrogens with zero attached hydrogens (tertiary/aromatic N) is 3. The molecule has 1 fully saturated rings. The minimum absolute atomic E-state index is 0.0338. The SMILES string of the molecule is Nc1oc2c(Cl)ccnc2c1C(=O)Nc1cnccc1N1CCC[C@@H](N)C1. The lowest BCUT2D eigenvalue weighted by Gasteiger charge is -2.33. The summed E-state index contributed by atoms with van der Waals surface area (Å²) in [5, 5.41) is 3.21. The van der Waals surface area contributed by atoms with Gasteiger partial charge in [-0.1, -0.05) is 11.6 Å². The zero-order valence-electron chi connectivity index (χ0n) is 14.5. The van der Waals surface area contributed by atoms with E-state index in [1.54, 1.807) is 18.5 Å². The van der Waals surface area contributed by atoms with Crippen LogP contribution in [0.2, 0.25) is 5.02 Å². The van der Waals surface area contributed by atoms with E-state index >= 15 is 0 Å². The highest BCUT2D eigenvalue weighted by atomic mass is 35.5. The van der Waals surface area contributed by atoms with Gasteiger partial charge in [-0.15, -0.1) is 0 Å². The first kappa shape index (κ1) is 17.6. The second kappa shape index (κ2) is 7.05. The average molecular weight is 387 g/mol. The summed E-state index contributed by atoms with van der Waals surface area (Å²) >= 11 is 6.10. The van der Waals surface area contributed by atoms with Crippen molar-refractivity contribution in [2.75, 3.05) is 29.0 Å². The number of hydrogen-bond acceptors (Lipinski definition) is 7. The van der Waals surface area contributed by atoms with Gasteiger partial charge in [0.25, 0.3) is 5.91 Å². The Balaban J connectivity index is 1.67.